The number of halogens is 1. The third kappa shape index (κ3) is 3.74. The maximum Gasteiger partial charge on any atom is 0.233 e. The van der Waals surface area contributed by atoms with Gasteiger partial charge in [-0.15, -0.1) is 11.3 Å². The molecule has 0 N–H and O–H groups in total. The van der Waals surface area contributed by atoms with E-state index in [0.29, 0.717) is 18.2 Å². The second-order valence-corrected chi connectivity index (χ2v) is 7.46. The summed E-state index contributed by atoms with van der Waals surface area (Å²) in [5.74, 6) is 0.859. The molecule has 0 fully saturated rings. The largest absolute Gasteiger partial charge is 0.486 e. The molecule has 1 aromatic heterocycles. The monoisotopic (exact) mass is 384 g/mol. The number of anilines is 1. The molecule has 2 heterocycles. The topological polar surface area (TPSA) is 42.4 Å². The van der Waals surface area contributed by atoms with Gasteiger partial charge in [0.05, 0.1) is 12.1 Å². The summed E-state index contributed by atoms with van der Waals surface area (Å²) in [6.07, 6.45) is 1.15. The first-order valence-electron chi connectivity index (χ1n) is 8.39. The Hall–Kier alpha value is -2.37. The highest BCUT2D eigenvalue weighted by molar-refractivity contribution is 7.09. The first-order valence-corrected chi connectivity index (χ1v) is 9.65. The molecule has 6 heteroatoms. The number of hydrogen-bond acceptors (Lipinski definition) is 4. The average Bonchev–Trinajstić information content (AvgIpc) is 3.27. The van der Waals surface area contributed by atoms with Crippen molar-refractivity contribution in [2.75, 3.05) is 11.4 Å². The van der Waals surface area contributed by atoms with Crippen LogP contribution in [0.5, 0.6) is 5.75 Å². The number of carbonyl (C=O) groups excluding carboxylic acids is 1. The standard InChI is InChI=1S/C20H17ClN2O2S/c21-15-7-6-14-8-9-23(18(14)10-15)20(24)11-16-13-26-19(22-16)12-25-17-4-2-1-3-5-17/h1-7,10,13H,8-9,11-12H2. The quantitative estimate of drug-likeness (QED) is 0.650. The van der Waals surface area contributed by atoms with Crippen LogP contribution in [-0.4, -0.2) is 17.4 Å². The van der Waals surface area contributed by atoms with Gasteiger partial charge in [-0.3, -0.25) is 4.79 Å². The number of rotatable bonds is 5. The third-order valence-electron chi connectivity index (χ3n) is 4.28. The zero-order valence-corrected chi connectivity index (χ0v) is 15.6. The number of fused-ring (bicyclic) bond motifs is 1. The SMILES string of the molecule is O=C(Cc1csc(COc2ccccc2)n1)N1CCc2ccc(Cl)cc21. The van der Waals surface area contributed by atoms with Crippen molar-refractivity contribution in [1.29, 1.82) is 0 Å². The summed E-state index contributed by atoms with van der Waals surface area (Å²) < 4.78 is 5.71. The first kappa shape index (κ1) is 17.1. The van der Waals surface area contributed by atoms with Crippen LogP contribution in [-0.2, 0) is 24.2 Å². The summed E-state index contributed by atoms with van der Waals surface area (Å²) in [5, 5.41) is 3.44. The molecule has 0 aliphatic carbocycles. The number of para-hydroxylation sites is 1. The summed E-state index contributed by atoms with van der Waals surface area (Å²) in [5.41, 5.74) is 2.87. The fraction of sp³-hybridized carbons (Fsp3) is 0.200. The van der Waals surface area contributed by atoms with Crippen LogP contribution in [0.1, 0.15) is 16.3 Å². The number of amides is 1. The molecule has 1 aliphatic heterocycles. The number of nitrogens with zero attached hydrogens (tertiary/aromatic N) is 2. The molecule has 0 spiro atoms. The van der Waals surface area contributed by atoms with Crippen LogP contribution >= 0.6 is 22.9 Å². The first-order chi connectivity index (χ1) is 12.7. The highest BCUT2D eigenvalue weighted by Gasteiger charge is 2.25. The summed E-state index contributed by atoms with van der Waals surface area (Å²) in [6.45, 7) is 1.10. The van der Waals surface area contributed by atoms with E-state index in [9.17, 15) is 4.79 Å². The molecule has 0 bridgehead atoms. The van der Waals surface area contributed by atoms with E-state index in [1.165, 1.54) is 11.3 Å². The molecular weight excluding hydrogens is 368 g/mol. The van der Waals surface area contributed by atoms with E-state index in [0.717, 1.165) is 34.1 Å². The Balaban J connectivity index is 1.39. The lowest BCUT2D eigenvalue weighted by molar-refractivity contribution is -0.117. The molecule has 0 radical (unpaired) electrons. The van der Waals surface area contributed by atoms with Gasteiger partial charge in [-0.05, 0) is 36.2 Å². The minimum absolute atomic E-state index is 0.0480. The second kappa shape index (κ2) is 7.48. The molecule has 0 atom stereocenters. The summed E-state index contributed by atoms with van der Waals surface area (Å²) in [6, 6.07) is 15.4. The molecular formula is C20H17ClN2O2S. The Labute approximate surface area is 161 Å². The van der Waals surface area contributed by atoms with Crippen LogP contribution in [0.2, 0.25) is 5.02 Å². The highest BCUT2D eigenvalue weighted by atomic mass is 35.5. The van der Waals surface area contributed by atoms with Gasteiger partial charge in [-0.25, -0.2) is 4.98 Å². The van der Waals surface area contributed by atoms with Crippen LogP contribution in [0.15, 0.2) is 53.9 Å². The van der Waals surface area contributed by atoms with Crippen molar-refractivity contribution in [3.05, 3.63) is 75.2 Å². The lowest BCUT2D eigenvalue weighted by Gasteiger charge is -2.17. The number of carbonyl (C=O) groups is 1. The van der Waals surface area contributed by atoms with Crippen LogP contribution in [0.25, 0.3) is 0 Å². The van der Waals surface area contributed by atoms with E-state index >= 15 is 0 Å². The number of aromatic nitrogens is 1. The third-order valence-corrected chi connectivity index (χ3v) is 5.39. The van der Waals surface area contributed by atoms with Gasteiger partial charge in [0.2, 0.25) is 5.91 Å². The van der Waals surface area contributed by atoms with Gasteiger partial charge < -0.3 is 9.64 Å². The fourth-order valence-electron chi connectivity index (χ4n) is 3.02. The van der Waals surface area contributed by atoms with Gasteiger partial charge in [0, 0.05) is 22.6 Å². The van der Waals surface area contributed by atoms with Crippen LogP contribution in [0, 0.1) is 0 Å². The lowest BCUT2D eigenvalue weighted by atomic mass is 10.2. The molecule has 0 unspecified atom stereocenters. The van der Waals surface area contributed by atoms with Crippen LogP contribution in [0.3, 0.4) is 0 Å². The minimum Gasteiger partial charge on any atom is -0.486 e. The predicted molar refractivity (Wildman–Crippen MR) is 104 cm³/mol. The fourth-order valence-corrected chi connectivity index (χ4v) is 3.89. The van der Waals surface area contributed by atoms with Crippen molar-refractivity contribution in [3.63, 3.8) is 0 Å². The van der Waals surface area contributed by atoms with Crippen molar-refractivity contribution in [2.45, 2.75) is 19.4 Å². The highest BCUT2D eigenvalue weighted by Crippen LogP contribution is 2.31. The summed E-state index contributed by atoms with van der Waals surface area (Å²) in [7, 11) is 0. The van der Waals surface area contributed by atoms with E-state index in [-0.39, 0.29) is 12.3 Å². The van der Waals surface area contributed by atoms with Crippen molar-refractivity contribution in [2.24, 2.45) is 0 Å². The van der Waals surface area contributed by atoms with E-state index in [1.54, 1.807) is 4.90 Å². The number of thiazole rings is 1. The van der Waals surface area contributed by atoms with Crippen molar-refractivity contribution in [1.82, 2.24) is 4.98 Å². The molecule has 0 saturated carbocycles. The second-order valence-electron chi connectivity index (χ2n) is 6.08. The minimum atomic E-state index is 0.0480. The number of ether oxygens (including phenoxy) is 1. The van der Waals surface area contributed by atoms with Gasteiger partial charge in [0.1, 0.15) is 17.4 Å². The maximum atomic E-state index is 12.7. The molecule has 0 saturated heterocycles. The van der Waals surface area contributed by atoms with E-state index in [1.807, 2.05) is 53.9 Å². The Kier molecular flexibility index (Phi) is 4.91. The number of benzene rings is 2. The Morgan fingerprint density at radius 2 is 2.08 bits per heavy atom. The zero-order chi connectivity index (χ0) is 17.9. The maximum absolute atomic E-state index is 12.7. The zero-order valence-electron chi connectivity index (χ0n) is 14.0. The van der Waals surface area contributed by atoms with Gasteiger partial charge in [-0.2, -0.15) is 0 Å². The smallest absolute Gasteiger partial charge is 0.233 e. The van der Waals surface area contributed by atoms with Gasteiger partial charge in [0.25, 0.3) is 0 Å². The number of hydrogen-bond donors (Lipinski definition) is 0. The van der Waals surface area contributed by atoms with Gasteiger partial charge in [-0.1, -0.05) is 35.9 Å². The average molecular weight is 385 g/mol. The molecule has 26 heavy (non-hydrogen) atoms. The Morgan fingerprint density at radius 3 is 2.92 bits per heavy atom. The summed E-state index contributed by atoms with van der Waals surface area (Å²) in [4.78, 5) is 19.0. The molecule has 1 amide bonds. The van der Waals surface area contributed by atoms with Crippen LogP contribution < -0.4 is 9.64 Å². The van der Waals surface area contributed by atoms with Crippen LogP contribution in [0.4, 0.5) is 5.69 Å². The molecule has 4 rings (SSSR count). The molecule has 132 valence electrons. The summed E-state index contributed by atoms with van der Waals surface area (Å²) >= 11 is 7.59. The van der Waals surface area contributed by atoms with Gasteiger partial charge >= 0.3 is 0 Å². The van der Waals surface area contributed by atoms with Crippen molar-refractivity contribution in [3.8, 4) is 5.75 Å². The molecule has 1 aliphatic rings. The Morgan fingerprint density at radius 1 is 1.23 bits per heavy atom. The molecule has 2 aromatic carbocycles. The molecule has 4 nitrogen and oxygen atoms in total. The van der Waals surface area contributed by atoms with E-state index < -0.39 is 0 Å². The van der Waals surface area contributed by atoms with Crippen molar-refractivity contribution >= 4 is 34.5 Å². The predicted octanol–water partition coefficient (Wildman–Crippen LogP) is 4.51. The Bertz CT molecular complexity index is 927. The molecule has 3 aromatic rings. The van der Waals surface area contributed by atoms with Gasteiger partial charge in [0.15, 0.2) is 0 Å². The van der Waals surface area contributed by atoms with E-state index in [4.69, 9.17) is 16.3 Å². The van der Waals surface area contributed by atoms with Crippen molar-refractivity contribution < 1.29 is 9.53 Å². The van der Waals surface area contributed by atoms with E-state index in [2.05, 4.69) is 4.98 Å². The lowest BCUT2D eigenvalue weighted by Crippen LogP contribution is -2.30. The normalized spacial score (nSPS) is 12.9.